The highest BCUT2D eigenvalue weighted by Crippen LogP contribution is 2.25. The maximum atomic E-state index is 12.8. The standard InChI is InChI=1S/C14H17N3O4/c1-8-10(11-12(19)15-7-16-13(11)21-8)14(20)17-5-3-2-4-9(17)6-18/h7,9,18H,2-6H2,1H3,(H,15,16,19). The van der Waals surface area contributed by atoms with Crippen LogP contribution in [-0.2, 0) is 0 Å². The van der Waals surface area contributed by atoms with Gasteiger partial charge in [0.2, 0.25) is 5.71 Å². The molecule has 0 aliphatic carbocycles. The number of aliphatic hydroxyl groups excluding tert-OH is 1. The molecule has 7 heteroatoms. The van der Waals surface area contributed by atoms with Crippen LogP contribution in [0.4, 0.5) is 0 Å². The number of fused-ring (bicyclic) bond motifs is 1. The Bertz CT molecular complexity index is 733. The lowest BCUT2D eigenvalue weighted by atomic mass is 10.0. The number of likely N-dealkylation sites (tertiary alicyclic amines) is 1. The molecule has 1 amide bonds. The number of aryl methyl sites for hydroxylation is 1. The number of hydrogen-bond acceptors (Lipinski definition) is 5. The van der Waals surface area contributed by atoms with Crippen molar-refractivity contribution in [1.82, 2.24) is 14.9 Å². The van der Waals surface area contributed by atoms with Gasteiger partial charge in [-0.2, -0.15) is 0 Å². The van der Waals surface area contributed by atoms with Gasteiger partial charge in [0.05, 0.1) is 24.5 Å². The molecular formula is C14H17N3O4. The summed E-state index contributed by atoms with van der Waals surface area (Å²) in [5.41, 5.74) is 0.0228. The first-order chi connectivity index (χ1) is 10.1. The molecule has 0 radical (unpaired) electrons. The third-order valence-electron chi connectivity index (χ3n) is 3.98. The minimum absolute atomic E-state index is 0.0742. The summed E-state index contributed by atoms with van der Waals surface area (Å²) in [7, 11) is 0. The molecule has 1 saturated heterocycles. The summed E-state index contributed by atoms with van der Waals surface area (Å²) < 4.78 is 5.42. The Kier molecular flexibility index (Phi) is 3.50. The van der Waals surface area contributed by atoms with Gasteiger partial charge in [-0.05, 0) is 26.2 Å². The van der Waals surface area contributed by atoms with Crippen molar-refractivity contribution in [2.45, 2.75) is 32.2 Å². The second-order valence-corrected chi connectivity index (χ2v) is 5.28. The number of nitrogens with one attached hydrogen (secondary N) is 1. The molecule has 1 aliphatic rings. The van der Waals surface area contributed by atoms with Crippen LogP contribution in [0.3, 0.4) is 0 Å². The Hall–Kier alpha value is -2.15. The summed E-state index contributed by atoms with van der Waals surface area (Å²) >= 11 is 0. The van der Waals surface area contributed by atoms with E-state index in [1.165, 1.54) is 6.33 Å². The Labute approximate surface area is 120 Å². The number of rotatable bonds is 2. The second kappa shape index (κ2) is 5.33. The molecule has 1 atom stereocenters. The van der Waals surface area contributed by atoms with Gasteiger partial charge in [-0.1, -0.05) is 0 Å². The molecular weight excluding hydrogens is 274 g/mol. The zero-order valence-corrected chi connectivity index (χ0v) is 11.8. The van der Waals surface area contributed by atoms with Gasteiger partial charge in [-0.15, -0.1) is 0 Å². The predicted octanol–water partition coefficient (Wildman–Crippen LogP) is 0.812. The van der Waals surface area contributed by atoms with Crippen LogP contribution in [0.1, 0.15) is 35.4 Å². The monoisotopic (exact) mass is 291 g/mol. The van der Waals surface area contributed by atoms with Crippen LogP contribution in [0.25, 0.3) is 11.1 Å². The largest absolute Gasteiger partial charge is 0.442 e. The van der Waals surface area contributed by atoms with Crippen molar-refractivity contribution in [1.29, 1.82) is 0 Å². The van der Waals surface area contributed by atoms with Crippen LogP contribution in [0.5, 0.6) is 0 Å². The highest BCUT2D eigenvalue weighted by molar-refractivity contribution is 6.06. The van der Waals surface area contributed by atoms with Gasteiger partial charge in [0, 0.05) is 6.54 Å². The average Bonchev–Trinajstić information content (AvgIpc) is 2.84. The van der Waals surface area contributed by atoms with E-state index in [-0.39, 0.29) is 35.2 Å². The summed E-state index contributed by atoms with van der Waals surface area (Å²) in [5.74, 6) is 0.102. The highest BCUT2D eigenvalue weighted by atomic mass is 16.3. The fourth-order valence-electron chi connectivity index (χ4n) is 2.91. The van der Waals surface area contributed by atoms with E-state index in [1.807, 2.05) is 0 Å². The quantitative estimate of drug-likeness (QED) is 0.853. The van der Waals surface area contributed by atoms with Crippen molar-refractivity contribution in [3.63, 3.8) is 0 Å². The van der Waals surface area contributed by atoms with E-state index in [4.69, 9.17) is 4.42 Å². The maximum Gasteiger partial charge on any atom is 0.262 e. The number of amides is 1. The highest BCUT2D eigenvalue weighted by Gasteiger charge is 2.31. The molecule has 0 saturated carbocycles. The summed E-state index contributed by atoms with van der Waals surface area (Å²) in [6.45, 7) is 2.15. The van der Waals surface area contributed by atoms with Crippen LogP contribution in [-0.4, -0.2) is 45.1 Å². The Morgan fingerprint density at radius 1 is 1.57 bits per heavy atom. The molecule has 0 aromatic carbocycles. The van der Waals surface area contributed by atoms with Crippen molar-refractivity contribution in [2.24, 2.45) is 0 Å². The van der Waals surface area contributed by atoms with Crippen LogP contribution in [0.15, 0.2) is 15.5 Å². The predicted molar refractivity (Wildman–Crippen MR) is 75.1 cm³/mol. The number of furan rings is 1. The number of aromatic nitrogens is 2. The molecule has 112 valence electrons. The summed E-state index contributed by atoms with van der Waals surface area (Å²) in [6, 6.07) is -0.202. The number of hydrogen-bond donors (Lipinski definition) is 2. The molecule has 2 aromatic rings. The van der Waals surface area contributed by atoms with E-state index in [2.05, 4.69) is 9.97 Å². The van der Waals surface area contributed by atoms with Crippen molar-refractivity contribution in [3.8, 4) is 0 Å². The van der Waals surface area contributed by atoms with E-state index >= 15 is 0 Å². The molecule has 1 aliphatic heterocycles. The molecule has 1 unspecified atom stereocenters. The third-order valence-corrected chi connectivity index (χ3v) is 3.98. The summed E-state index contributed by atoms with van der Waals surface area (Å²) in [6.07, 6.45) is 3.90. The Morgan fingerprint density at radius 2 is 2.38 bits per heavy atom. The Balaban J connectivity index is 2.09. The fourth-order valence-corrected chi connectivity index (χ4v) is 2.91. The lowest BCUT2D eigenvalue weighted by Crippen LogP contribution is -2.45. The third kappa shape index (κ3) is 2.23. The van der Waals surface area contributed by atoms with Crippen molar-refractivity contribution >= 4 is 17.0 Å². The van der Waals surface area contributed by atoms with Gasteiger partial charge in [0.15, 0.2) is 0 Å². The summed E-state index contributed by atoms with van der Waals surface area (Å²) in [4.78, 5) is 32.8. The first kappa shape index (κ1) is 13.8. The minimum atomic E-state index is -0.391. The van der Waals surface area contributed by atoms with Crippen LogP contribution >= 0.6 is 0 Å². The number of aromatic amines is 1. The summed E-state index contributed by atoms with van der Waals surface area (Å²) in [5, 5.41) is 9.63. The molecule has 1 fully saturated rings. The number of aliphatic hydroxyl groups is 1. The number of carbonyl (C=O) groups is 1. The molecule has 21 heavy (non-hydrogen) atoms. The van der Waals surface area contributed by atoms with Crippen LogP contribution in [0.2, 0.25) is 0 Å². The molecule has 3 rings (SSSR count). The van der Waals surface area contributed by atoms with E-state index in [0.717, 1.165) is 19.3 Å². The maximum absolute atomic E-state index is 12.8. The number of carbonyl (C=O) groups excluding carboxylic acids is 1. The molecule has 0 bridgehead atoms. The van der Waals surface area contributed by atoms with Gasteiger partial charge >= 0.3 is 0 Å². The lowest BCUT2D eigenvalue weighted by molar-refractivity contribution is 0.0503. The first-order valence-corrected chi connectivity index (χ1v) is 7.02. The van der Waals surface area contributed by atoms with Gasteiger partial charge in [-0.3, -0.25) is 9.59 Å². The van der Waals surface area contributed by atoms with E-state index in [1.54, 1.807) is 11.8 Å². The topological polar surface area (TPSA) is 99.4 Å². The van der Waals surface area contributed by atoms with Gasteiger partial charge in [0.1, 0.15) is 11.1 Å². The average molecular weight is 291 g/mol. The zero-order valence-electron chi connectivity index (χ0n) is 11.8. The normalized spacial score (nSPS) is 19.1. The number of H-pyrrole nitrogens is 1. The molecule has 7 nitrogen and oxygen atoms in total. The Morgan fingerprint density at radius 3 is 3.14 bits per heavy atom. The van der Waals surface area contributed by atoms with E-state index < -0.39 is 5.56 Å². The SMILES string of the molecule is Cc1oc2nc[nH]c(=O)c2c1C(=O)N1CCCCC1CO. The smallest absolute Gasteiger partial charge is 0.262 e. The zero-order chi connectivity index (χ0) is 15.0. The van der Waals surface area contributed by atoms with Crippen LogP contribution in [0, 0.1) is 6.92 Å². The van der Waals surface area contributed by atoms with Gasteiger partial charge in [-0.25, -0.2) is 4.98 Å². The molecule has 0 spiro atoms. The minimum Gasteiger partial charge on any atom is -0.442 e. The van der Waals surface area contributed by atoms with Crippen molar-refractivity contribution in [3.05, 3.63) is 28.0 Å². The fraction of sp³-hybridized carbons (Fsp3) is 0.500. The van der Waals surface area contributed by atoms with E-state index in [0.29, 0.717) is 12.3 Å². The molecule has 3 heterocycles. The number of nitrogens with zero attached hydrogens (tertiary/aromatic N) is 2. The van der Waals surface area contributed by atoms with Gasteiger partial charge in [0.25, 0.3) is 11.5 Å². The second-order valence-electron chi connectivity index (χ2n) is 5.28. The number of piperidine rings is 1. The molecule has 2 aromatic heterocycles. The van der Waals surface area contributed by atoms with E-state index in [9.17, 15) is 14.7 Å². The molecule has 2 N–H and O–H groups in total. The first-order valence-electron chi connectivity index (χ1n) is 7.02. The van der Waals surface area contributed by atoms with Crippen molar-refractivity contribution < 1.29 is 14.3 Å². The van der Waals surface area contributed by atoms with Gasteiger partial charge < -0.3 is 19.4 Å². The lowest BCUT2D eigenvalue weighted by Gasteiger charge is -2.34. The van der Waals surface area contributed by atoms with Crippen LogP contribution < -0.4 is 5.56 Å². The van der Waals surface area contributed by atoms with Crippen molar-refractivity contribution in [2.75, 3.05) is 13.2 Å².